The summed E-state index contributed by atoms with van der Waals surface area (Å²) in [6.07, 6.45) is 6.77. The van der Waals surface area contributed by atoms with E-state index in [9.17, 15) is 0 Å². The van der Waals surface area contributed by atoms with Crippen LogP contribution in [0.4, 0.5) is 0 Å². The van der Waals surface area contributed by atoms with E-state index in [1.807, 2.05) is 18.2 Å². The van der Waals surface area contributed by atoms with Crippen molar-refractivity contribution < 1.29 is 4.74 Å². The summed E-state index contributed by atoms with van der Waals surface area (Å²) in [5.41, 5.74) is 1.10. The molecule has 0 radical (unpaired) electrons. The van der Waals surface area contributed by atoms with Gasteiger partial charge in [0.1, 0.15) is 0 Å². The lowest BCUT2D eigenvalue weighted by Crippen LogP contribution is -2.30. The average Bonchev–Trinajstić information content (AvgIpc) is 2.49. The van der Waals surface area contributed by atoms with Crippen LogP contribution in [-0.2, 0) is 4.74 Å². The average molecular weight is 310 g/mol. The van der Waals surface area contributed by atoms with Gasteiger partial charge in [0, 0.05) is 23.2 Å². The summed E-state index contributed by atoms with van der Waals surface area (Å²) in [6.45, 7) is 5.99. The Kier molecular flexibility index (Phi) is 7.01. The zero-order valence-electron chi connectivity index (χ0n) is 13.3. The topological polar surface area (TPSA) is 21.3 Å². The second kappa shape index (κ2) is 8.77. The fourth-order valence-electron chi connectivity index (χ4n) is 2.94. The number of rotatable bonds is 7. The van der Waals surface area contributed by atoms with E-state index in [0.717, 1.165) is 29.7 Å². The van der Waals surface area contributed by atoms with Crippen molar-refractivity contribution in [1.29, 1.82) is 0 Å². The molecule has 3 heteroatoms. The van der Waals surface area contributed by atoms with E-state index in [0.29, 0.717) is 6.04 Å². The number of halogens is 1. The van der Waals surface area contributed by atoms with E-state index in [4.69, 9.17) is 16.3 Å². The molecule has 1 N–H and O–H groups in total. The Morgan fingerprint density at radius 3 is 2.57 bits per heavy atom. The largest absolute Gasteiger partial charge is 0.372 e. The molecular weight excluding hydrogens is 282 g/mol. The molecule has 2 nitrogen and oxygen atoms in total. The molecular formula is C18H28ClNO. The first-order chi connectivity index (χ1) is 10.2. The lowest BCUT2D eigenvalue weighted by molar-refractivity contribution is 0.0191. The normalized spacial score (nSPS) is 18.1. The van der Waals surface area contributed by atoms with Gasteiger partial charge < -0.3 is 10.1 Å². The number of hydrogen-bond acceptors (Lipinski definition) is 2. The molecule has 0 saturated heterocycles. The van der Waals surface area contributed by atoms with Crippen LogP contribution in [0.15, 0.2) is 24.3 Å². The van der Waals surface area contributed by atoms with Gasteiger partial charge in [0.2, 0.25) is 0 Å². The van der Waals surface area contributed by atoms with Crippen molar-refractivity contribution >= 4 is 11.6 Å². The van der Waals surface area contributed by atoms with Crippen LogP contribution < -0.4 is 5.32 Å². The van der Waals surface area contributed by atoms with Crippen LogP contribution in [-0.4, -0.2) is 19.2 Å². The molecule has 1 unspecified atom stereocenters. The van der Waals surface area contributed by atoms with Gasteiger partial charge in [0.15, 0.2) is 0 Å². The van der Waals surface area contributed by atoms with Crippen LogP contribution in [0, 0.1) is 5.92 Å². The second-order valence-corrected chi connectivity index (χ2v) is 6.82. The number of nitrogens with one attached hydrogen (secondary N) is 1. The van der Waals surface area contributed by atoms with Gasteiger partial charge in [-0.2, -0.15) is 0 Å². The molecule has 0 aliphatic heterocycles. The summed E-state index contributed by atoms with van der Waals surface area (Å²) in [4.78, 5) is 0. The Morgan fingerprint density at radius 1 is 1.19 bits per heavy atom. The van der Waals surface area contributed by atoms with Crippen LogP contribution in [0.1, 0.15) is 57.6 Å². The minimum absolute atomic E-state index is 0.0445. The van der Waals surface area contributed by atoms with Gasteiger partial charge in [-0.05, 0) is 24.8 Å². The Labute approximate surface area is 134 Å². The van der Waals surface area contributed by atoms with E-state index < -0.39 is 0 Å². The molecule has 1 aliphatic carbocycles. The Balaban J connectivity index is 1.96. The number of benzene rings is 1. The molecule has 1 aliphatic rings. The first-order valence-corrected chi connectivity index (χ1v) is 8.64. The highest BCUT2D eigenvalue weighted by atomic mass is 35.5. The SMILES string of the molecule is CC(C)NCC(OCC1CCCCC1)c1ccccc1Cl. The first kappa shape index (κ1) is 16.8. The highest BCUT2D eigenvalue weighted by Gasteiger charge is 2.19. The number of hydrogen-bond donors (Lipinski definition) is 1. The van der Waals surface area contributed by atoms with Gasteiger partial charge in [-0.15, -0.1) is 0 Å². The van der Waals surface area contributed by atoms with Crippen molar-refractivity contribution in [1.82, 2.24) is 5.32 Å². The zero-order valence-corrected chi connectivity index (χ0v) is 14.0. The lowest BCUT2D eigenvalue weighted by atomic mass is 9.90. The molecule has 1 atom stereocenters. The Bertz CT molecular complexity index is 415. The summed E-state index contributed by atoms with van der Waals surface area (Å²) >= 11 is 6.35. The predicted octanol–water partition coefficient (Wildman–Crippen LogP) is 4.98. The third kappa shape index (κ3) is 5.61. The summed E-state index contributed by atoms with van der Waals surface area (Å²) in [7, 11) is 0. The number of ether oxygens (including phenoxy) is 1. The maximum Gasteiger partial charge on any atom is 0.0963 e. The summed E-state index contributed by atoms with van der Waals surface area (Å²) in [5.74, 6) is 0.725. The standard InChI is InChI=1S/C18H28ClNO/c1-14(2)20-12-18(16-10-6-7-11-17(16)19)21-13-15-8-4-3-5-9-15/h6-7,10-11,14-15,18,20H,3-5,8-9,12-13H2,1-2H3. The van der Waals surface area contributed by atoms with Crippen LogP contribution in [0.5, 0.6) is 0 Å². The van der Waals surface area contributed by atoms with E-state index in [2.05, 4.69) is 25.2 Å². The second-order valence-electron chi connectivity index (χ2n) is 6.41. The minimum Gasteiger partial charge on any atom is -0.372 e. The van der Waals surface area contributed by atoms with Gasteiger partial charge >= 0.3 is 0 Å². The summed E-state index contributed by atoms with van der Waals surface area (Å²) in [6, 6.07) is 8.49. The van der Waals surface area contributed by atoms with E-state index >= 15 is 0 Å². The molecule has 0 heterocycles. The molecule has 0 bridgehead atoms. The van der Waals surface area contributed by atoms with Crippen molar-refractivity contribution in [2.45, 2.75) is 58.1 Å². The van der Waals surface area contributed by atoms with Gasteiger partial charge in [-0.25, -0.2) is 0 Å². The van der Waals surface area contributed by atoms with Crippen molar-refractivity contribution in [3.63, 3.8) is 0 Å². The van der Waals surface area contributed by atoms with Crippen molar-refractivity contribution in [2.24, 2.45) is 5.92 Å². The fraction of sp³-hybridized carbons (Fsp3) is 0.667. The first-order valence-electron chi connectivity index (χ1n) is 8.26. The maximum atomic E-state index is 6.35. The van der Waals surface area contributed by atoms with E-state index in [1.54, 1.807) is 0 Å². The molecule has 2 rings (SSSR count). The zero-order chi connectivity index (χ0) is 15.1. The lowest BCUT2D eigenvalue weighted by Gasteiger charge is -2.26. The molecule has 1 aromatic carbocycles. The third-order valence-corrected chi connectivity index (χ3v) is 4.57. The summed E-state index contributed by atoms with van der Waals surface area (Å²) in [5, 5.41) is 4.28. The third-order valence-electron chi connectivity index (χ3n) is 4.22. The monoisotopic (exact) mass is 309 g/mol. The molecule has 0 aromatic heterocycles. The molecule has 0 spiro atoms. The van der Waals surface area contributed by atoms with Crippen molar-refractivity contribution in [3.05, 3.63) is 34.9 Å². The summed E-state index contributed by atoms with van der Waals surface area (Å²) < 4.78 is 6.25. The van der Waals surface area contributed by atoms with Crippen LogP contribution >= 0.6 is 11.6 Å². The van der Waals surface area contributed by atoms with Crippen molar-refractivity contribution in [2.75, 3.05) is 13.2 Å². The van der Waals surface area contributed by atoms with E-state index in [-0.39, 0.29) is 6.10 Å². The predicted molar refractivity (Wildman–Crippen MR) is 89.9 cm³/mol. The smallest absolute Gasteiger partial charge is 0.0963 e. The molecule has 0 amide bonds. The molecule has 118 valence electrons. The molecule has 1 saturated carbocycles. The quantitative estimate of drug-likeness (QED) is 0.767. The highest BCUT2D eigenvalue weighted by Crippen LogP contribution is 2.29. The minimum atomic E-state index is 0.0445. The van der Waals surface area contributed by atoms with Crippen molar-refractivity contribution in [3.8, 4) is 0 Å². The Hall–Kier alpha value is -0.570. The molecule has 1 fully saturated rings. The fourth-order valence-corrected chi connectivity index (χ4v) is 3.20. The molecule has 21 heavy (non-hydrogen) atoms. The van der Waals surface area contributed by atoms with E-state index in [1.165, 1.54) is 32.1 Å². The Morgan fingerprint density at radius 2 is 1.90 bits per heavy atom. The van der Waals surface area contributed by atoms with Crippen LogP contribution in [0.3, 0.4) is 0 Å². The van der Waals surface area contributed by atoms with Gasteiger partial charge in [-0.3, -0.25) is 0 Å². The van der Waals surface area contributed by atoms with Crippen LogP contribution in [0.25, 0.3) is 0 Å². The van der Waals surface area contributed by atoms with Crippen LogP contribution in [0.2, 0.25) is 5.02 Å². The highest BCUT2D eigenvalue weighted by molar-refractivity contribution is 6.31. The maximum absolute atomic E-state index is 6.35. The van der Waals surface area contributed by atoms with Gasteiger partial charge in [-0.1, -0.05) is 62.9 Å². The van der Waals surface area contributed by atoms with Gasteiger partial charge in [0.25, 0.3) is 0 Å². The molecule has 1 aromatic rings. The van der Waals surface area contributed by atoms with Gasteiger partial charge in [0.05, 0.1) is 12.7 Å².